The molecule has 1 N–H and O–H groups in total. The molecule has 0 saturated carbocycles. The number of hydrogen-bond acceptors (Lipinski definition) is 5. The lowest BCUT2D eigenvalue weighted by Crippen LogP contribution is -2.21. The van der Waals surface area contributed by atoms with Crippen molar-refractivity contribution in [3.05, 3.63) is 77.4 Å². The molecule has 0 radical (unpaired) electrons. The summed E-state index contributed by atoms with van der Waals surface area (Å²) in [4.78, 5) is 13.7. The van der Waals surface area contributed by atoms with Crippen molar-refractivity contribution in [3.63, 3.8) is 0 Å². The third-order valence-corrected chi connectivity index (χ3v) is 4.14. The van der Waals surface area contributed by atoms with Crippen molar-refractivity contribution < 1.29 is 13.7 Å². The molecule has 2 rings (SSSR count). The van der Waals surface area contributed by atoms with Crippen LogP contribution in [0.15, 0.2) is 82.3 Å². The Bertz CT molecular complexity index is 725. The fourth-order valence-corrected chi connectivity index (χ4v) is 2.85. The highest BCUT2D eigenvalue weighted by Gasteiger charge is 2.38. The fraction of sp³-hybridized carbons (Fsp3) is 0.211. The van der Waals surface area contributed by atoms with E-state index in [9.17, 15) is 4.79 Å². The molecule has 6 heteroatoms. The molecule has 132 valence electrons. The summed E-state index contributed by atoms with van der Waals surface area (Å²) in [7, 11) is 1.68. The van der Waals surface area contributed by atoms with Crippen molar-refractivity contribution >= 4 is 29.4 Å². The first-order chi connectivity index (χ1) is 12.1. The van der Waals surface area contributed by atoms with Crippen LogP contribution < -0.4 is 5.32 Å². The van der Waals surface area contributed by atoms with Gasteiger partial charge in [0.25, 0.3) is 0 Å². The lowest BCUT2D eigenvalue weighted by Gasteiger charge is -2.12. The molecule has 1 atom stereocenters. The highest BCUT2D eigenvalue weighted by molar-refractivity contribution is 7.94. The minimum atomic E-state index is -0.763. The Labute approximate surface area is 157 Å². The van der Waals surface area contributed by atoms with Gasteiger partial charge in [-0.1, -0.05) is 55.5 Å². The topological polar surface area (TPSA) is 47.6 Å². The van der Waals surface area contributed by atoms with E-state index in [0.29, 0.717) is 16.5 Å². The number of Topliss-reactive ketones (excluding diaryl/α,β-unsaturated/α-hetero) is 1. The normalized spacial score (nSPS) is 17.8. The van der Waals surface area contributed by atoms with Gasteiger partial charge in [-0.15, -0.1) is 0 Å². The Morgan fingerprint density at radius 3 is 2.72 bits per heavy atom. The zero-order valence-corrected chi connectivity index (χ0v) is 15.7. The van der Waals surface area contributed by atoms with E-state index in [2.05, 4.69) is 11.9 Å². The van der Waals surface area contributed by atoms with Gasteiger partial charge in [0.15, 0.2) is 6.10 Å². The van der Waals surface area contributed by atoms with Crippen LogP contribution in [0.4, 0.5) is 0 Å². The summed E-state index contributed by atoms with van der Waals surface area (Å²) < 4.78 is 11.4. The first-order valence-corrected chi connectivity index (χ1v) is 8.93. The van der Waals surface area contributed by atoms with Crippen LogP contribution in [0.5, 0.6) is 0 Å². The molecule has 0 bridgehead atoms. The Morgan fingerprint density at radius 2 is 2.12 bits per heavy atom. The first kappa shape index (κ1) is 19.2. The van der Waals surface area contributed by atoms with Crippen molar-refractivity contribution in [2.75, 3.05) is 7.05 Å². The number of rotatable bonds is 8. The fourth-order valence-electron chi connectivity index (χ4n) is 2.18. The van der Waals surface area contributed by atoms with Crippen molar-refractivity contribution in [1.29, 1.82) is 0 Å². The molecule has 0 fully saturated rings. The minimum Gasteiger partial charge on any atom is -0.460 e. The number of ether oxygens (including phenoxy) is 1. The second-order valence-electron chi connectivity index (χ2n) is 5.14. The standard InChI is InChI=1S/C19H20ClNO3S/c1-4-8-14(12-11-13(2)20)17-16(22)18(19(21-3)23-17)24-25-15-9-6-5-7-10-15/h5-12,17,21H,2,4H2,1,3H3/b12-11-,14-8+. The molecule has 1 unspecified atom stereocenters. The Balaban J connectivity index is 2.16. The van der Waals surface area contributed by atoms with Crippen molar-refractivity contribution in [2.45, 2.75) is 24.3 Å². The maximum Gasteiger partial charge on any atom is 0.249 e. The zero-order valence-electron chi connectivity index (χ0n) is 14.1. The highest BCUT2D eigenvalue weighted by Crippen LogP contribution is 2.31. The lowest BCUT2D eigenvalue weighted by molar-refractivity contribution is -0.121. The molecule has 1 aromatic rings. The zero-order chi connectivity index (χ0) is 18.2. The van der Waals surface area contributed by atoms with Crippen LogP contribution in [-0.2, 0) is 13.7 Å². The van der Waals surface area contributed by atoms with Crippen LogP contribution in [0.1, 0.15) is 13.3 Å². The van der Waals surface area contributed by atoms with Gasteiger partial charge in [-0.2, -0.15) is 0 Å². The van der Waals surface area contributed by atoms with E-state index in [1.807, 2.05) is 43.3 Å². The number of allylic oxidation sites excluding steroid dienone is 3. The van der Waals surface area contributed by atoms with E-state index >= 15 is 0 Å². The third kappa shape index (κ3) is 5.18. The predicted octanol–water partition coefficient (Wildman–Crippen LogP) is 4.71. The van der Waals surface area contributed by atoms with Gasteiger partial charge in [0.1, 0.15) is 0 Å². The molecule has 0 aromatic heterocycles. The monoisotopic (exact) mass is 377 g/mol. The van der Waals surface area contributed by atoms with Crippen LogP contribution in [0, 0.1) is 0 Å². The predicted molar refractivity (Wildman–Crippen MR) is 102 cm³/mol. The van der Waals surface area contributed by atoms with Gasteiger partial charge >= 0.3 is 0 Å². The third-order valence-electron chi connectivity index (χ3n) is 3.29. The summed E-state index contributed by atoms with van der Waals surface area (Å²) in [6.45, 7) is 5.60. The van der Waals surface area contributed by atoms with Gasteiger partial charge in [0, 0.05) is 17.0 Å². The number of benzene rings is 1. The van der Waals surface area contributed by atoms with Crippen molar-refractivity contribution in [3.8, 4) is 0 Å². The molecule has 0 saturated heterocycles. The SMILES string of the molecule is C=C(Cl)/C=C\C(=C/CC)C1OC(NC)=C(OSc2ccccc2)C1=O. The molecule has 1 aromatic carbocycles. The largest absolute Gasteiger partial charge is 0.460 e. The van der Waals surface area contributed by atoms with E-state index < -0.39 is 6.10 Å². The number of carbonyl (C=O) groups is 1. The molecule has 0 amide bonds. The molecule has 0 aliphatic carbocycles. The minimum absolute atomic E-state index is 0.168. The van der Waals surface area contributed by atoms with E-state index in [0.717, 1.165) is 23.4 Å². The van der Waals surface area contributed by atoms with E-state index in [4.69, 9.17) is 20.5 Å². The second kappa shape index (κ2) is 9.39. The van der Waals surface area contributed by atoms with Gasteiger partial charge in [-0.3, -0.25) is 4.79 Å². The summed E-state index contributed by atoms with van der Waals surface area (Å²) in [6.07, 6.45) is 5.28. The molecular formula is C19H20ClNO3S. The van der Waals surface area contributed by atoms with E-state index in [1.165, 1.54) is 0 Å². The number of carbonyl (C=O) groups excluding carboxylic acids is 1. The summed E-state index contributed by atoms with van der Waals surface area (Å²) in [6, 6.07) is 9.53. The number of ketones is 1. The highest BCUT2D eigenvalue weighted by atomic mass is 35.5. The van der Waals surface area contributed by atoms with E-state index in [-0.39, 0.29) is 11.5 Å². The summed E-state index contributed by atoms with van der Waals surface area (Å²) in [5, 5.41) is 3.26. The van der Waals surface area contributed by atoms with Gasteiger partial charge in [-0.05, 0) is 30.2 Å². The van der Waals surface area contributed by atoms with Gasteiger partial charge < -0.3 is 14.2 Å². The number of halogens is 1. The summed E-state index contributed by atoms with van der Waals surface area (Å²) in [5.74, 6) is 0.248. The molecule has 1 aliphatic heterocycles. The molecule has 1 heterocycles. The quantitative estimate of drug-likeness (QED) is 0.525. The maximum absolute atomic E-state index is 12.8. The Hall–Kier alpha value is -2.11. The smallest absolute Gasteiger partial charge is 0.249 e. The lowest BCUT2D eigenvalue weighted by atomic mass is 10.0. The molecule has 1 aliphatic rings. The average molecular weight is 378 g/mol. The van der Waals surface area contributed by atoms with Crippen LogP contribution in [-0.4, -0.2) is 18.9 Å². The number of hydrogen-bond donors (Lipinski definition) is 1. The number of nitrogens with one attached hydrogen (secondary N) is 1. The molecule has 0 spiro atoms. The first-order valence-electron chi connectivity index (χ1n) is 7.81. The van der Waals surface area contributed by atoms with E-state index in [1.54, 1.807) is 19.2 Å². The molecule has 25 heavy (non-hydrogen) atoms. The van der Waals surface area contributed by atoms with Crippen LogP contribution >= 0.6 is 23.6 Å². The molecule has 4 nitrogen and oxygen atoms in total. The van der Waals surface area contributed by atoms with Crippen LogP contribution in [0.25, 0.3) is 0 Å². The summed E-state index contributed by atoms with van der Waals surface area (Å²) in [5.41, 5.74) is 0.713. The Kier molecular flexibility index (Phi) is 7.22. The van der Waals surface area contributed by atoms with Crippen molar-refractivity contribution in [1.82, 2.24) is 5.32 Å². The average Bonchev–Trinajstić information content (AvgIpc) is 2.93. The van der Waals surface area contributed by atoms with Crippen LogP contribution in [0.3, 0.4) is 0 Å². The van der Waals surface area contributed by atoms with Crippen molar-refractivity contribution in [2.24, 2.45) is 0 Å². The van der Waals surface area contributed by atoms with Gasteiger partial charge in [0.2, 0.25) is 17.4 Å². The van der Waals surface area contributed by atoms with Gasteiger partial charge in [-0.25, -0.2) is 0 Å². The second-order valence-corrected chi connectivity index (χ2v) is 6.43. The molecular weight excluding hydrogens is 358 g/mol. The maximum atomic E-state index is 12.8. The summed E-state index contributed by atoms with van der Waals surface area (Å²) >= 11 is 6.90. The Morgan fingerprint density at radius 1 is 1.40 bits per heavy atom. The van der Waals surface area contributed by atoms with Gasteiger partial charge in [0.05, 0.1) is 12.0 Å². The van der Waals surface area contributed by atoms with Crippen LogP contribution in [0.2, 0.25) is 0 Å².